The predicted molar refractivity (Wildman–Crippen MR) is 121 cm³/mol. The molecule has 2 aliphatic rings. The lowest BCUT2D eigenvalue weighted by molar-refractivity contribution is 0.205. The Kier molecular flexibility index (Phi) is 7.99. The molecule has 0 aromatic carbocycles. The van der Waals surface area contributed by atoms with Gasteiger partial charge in [-0.2, -0.15) is 9.97 Å². The maximum Gasteiger partial charge on any atom is 0.318 e. The quantitative estimate of drug-likeness (QED) is 0.748. The van der Waals surface area contributed by atoms with Gasteiger partial charge < -0.3 is 14.5 Å². The van der Waals surface area contributed by atoms with Crippen LogP contribution in [0.25, 0.3) is 0 Å². The van der Waals surface area contributed by atoms with Gasteiger partial charge in [0.1, 0.15) is 5.82 Å². The van der Waals surface area contributed by atoms with Gasteiger partial charge in [0.25, 0.3) is 0 Å². The molecule has 3 heterocycles. The van der Waals surface area contributed by atoms with Crippen LogP contribution in [0, 0.1) is 0 Å². The molecule has 164 valence electrons. The van der Waals surface area contributed by atoms with Crippen molar-refractivity contribution in [3.05, 3.63) is 41.3 Å². The van der Waals surface area contributed by atoms with E-state index in [-0.39, 0.29) is 0 Å². The Balaban J connectivity index is 0.00000124. The molecule has 1 aliphatic carbocycles. The average molecular weight is 413 g/mol. The molecule has 0 N–H and O–H groups in total. The zero-order chi connectivity index (χ0) is 21.5. The molecule has 0 bridgehead atoms. The monoisotopic (exact) mass is 412 g/mol. The summed E-state index contributed by atoms with van der Waals surface area (Å²) in [7, 11) is 5.96. The molecule has 1 atom stereocenters. The lowest BCUT2D eigenvalue weighted by atomic mass is 9.91. The molecular weight excluding hydrogens is 376 g/mol. The Morgan fingerprint density at radius 2 is 1.93 bits per heavy atom. The highest BCUT2D eigenvalue weighted by Gasteiger charge is 2.26. The van der Waals surface area contributed by atoms with Gasteiger partial charge in [-0.15, -0.1) is 0 Å². The zero-order valence-electron chi connectivity index (χ0n) is 19.1. The largest absolute Gasteiger partial charge is 0.467 e. The summed E-state index contributed by atoms with van der Waals surface area (Å²) >= 11 is 0. The molecule has 30 heavy (non-hydrogen) atoms. The Hall–Kier alpha value is -2.25. The molecule has 2 aromatic rings. The van der Waals surface area contributed by atoms with Gasteiger partial charge in [0, 0.05) is 45.0 Å². The molecule has 0 saturated carbocycles. The van der Waals surface area contributed by atoms with E-state index in [0.29, 0.717) is 12.1 Å². The predicted octanol–water partition coefficient (Wildman–Crippen LogP) is 3.17. The second kappa shape index (κ2) is 10.7. The molecule has 1 saturated heterocycles. The van der Waals surface area contributed by atoms with E-state index in [1.54, 1.807) is 7.11 Å². The van der Waals surface area contributed by atoms with Gasteiger partial charge >= 0.3 is 6.01 Å². The van der Waals surface area contributed by atoms with Crippen LogP contribution in [0.4, 0.5) is 5.82 Å². The van der Waals surface area contributed by atoms with Crippen molar-refractivity contribution in [3.8, 4) is 6.01 Å². The fourth-order valence-electron chi connectivity index (χ4n) is 4.21. The van der Waals surface area contributed by atoms with Crippen molar-refractivity contribution in [2.24, 2.45) is 0 Å². The van der Waals surface area contributed by atoms with E-state index >= 15 is 0 Å². The molecule has 2 aromatic heterocycles. The minimum absolute atomic E-state index is 0.331. The lowest BCUT2D eigenvalue weighted by Crippen LogP contribution is -2.44. The second-order valence-electron chi connectivity index (χ2n) is 7.87. The van der Waals surface area contributed by atoms with Crippen molar-refractivity contribution >= 4 is 5.82 Å². The second-order valence-corrected chi connectivity index (χ2v) is 7.87. The maximum absolute atomic E-state index is 5.40. The smallest absolute Gasteiger partial charge is 0.318 e. The Morgan fingerprint density at radius 3 is 2.67 bits per heavy atom. The fraction of sp³-hybridized carbons (Fsp3) is 0.609. The molecule has 7 heteroatoms. The van der Waals surface area contributed by atoms with Gasteiger partial charge in [0.2, 0.25) is 0 Å². The van der Waals surface area contributed by atoms with E-state index in [1.807, 2.05) is 26.1 Å². The number of rotatable bonds is 5. The van der Waals surface area contributed by atoms with Crippen LogP contribution >= 0.6 is 0 Å². The first-order valence-corrected chi connectivity index (χ1v) is 11.1. The van der Waals surface area contributed by atoms with Crippen LogP contribution in [-0.4, -0.2) is 72.1 Å². The van der Waals surface area contributed by atoms with Crippen LogP contribution in [-0.2, 0) is 13.0 Å². The number of aryl methyl sites for hydroxylation is 1. The topological polar surface area (TPSA) is 57.6 Å². The normalized spacial score (nSPS) is 19.1. The van der Waals surface area contributed by atoms with Crippen molar-refractivity contribution in [1.82, 2.24) is 24.8 Å². The van der Waals surface area contributed by atoms with Crippen LogP contribution in [0.5, 0.6) is 6.01 Å². The summed E-state index contributed by atoms with van der Waals surface area (Å²) in [4.78, 5) is 20.9. The molecule has 0 spiro atoms. The van der Waals surface area contributed by atoms with Crippen molar-refractivity contribution < 1.29 is 4.74 Å². The summed E-state index contributed by atoms with van der Waals surface area (Å²) in [6.45, 7) is 8.80. The third-order valence-corrected chi connectivity index (χ3v) is 5.86. The van der Waals surface area contributed by atoms with Gasteiger partial charge in [0.05, 0.1) is 24.5 Å². The Labute approximate surface area is 181 Å². The molecule has 0 amide bonds. The first-order valence-electron chi connectivity index (χ1n) is 11.1. The fourth-order valence-corrected chi connectivity index (χ4v) is 4.21. The summed E-state index contributed by atoms with van der Waals surface area (Å²) in [5.41, 5.74) is 3.59. The minimum Gasteiger partial charge on any atom is -0.467 e. The van der Waals surface area contributed by atoms with Crippen LogP contribution in [0.1, 0.15) is 49.7 Å². The van der Waals surface area contributed by atoms with Crippen LogP contribution < -0.4 is 9.64 Å². The summed E-state index contributed by atoms with van der Waals surface area (Å²) < 4.78 is 5.40. The van der Waals surface area contributed by atoms with Crippen molar-refractivity contribution in [1.29, 1.82) is 0 Å². The van der Waals surface area contributed by atoms with Crippen molar-refractivity contribution in [2.45, 2.75) is 45.7 Å². The molecule has 4 rings (SSSR count). The standard InChI is InChI=1S/C21H30N6O.C2H6/c1-25-10-12-27(13-11-25)19-14-17(23-21(24-19)28-3)15-26(2)18-8-4-6-16-7-5-9-22-20(16)18;1-2/h5,7,9,14,18H,4,6,8,10-13,15H2,1-3H3;1-2H3. The summed E-state index contributed by atoms with van der Waals surface area (Å²) in [5, 5.41) is 0. The van der Waals surface area contributed by atoms with E-state index in [1.165, 1.54) is 17.7 Å². The van der Waals surface area contributed by atoms with Crippen molar-refractivity contribution in [3.63, 3.8) is 0 Å². The number of hydrogen-bond acceptors (Lipinski definition) is 7. The van der Waals surface area contributed by atoms with Gasteiger partial charge in [-0.05, 0) is 45.0 Å². The number of fused-ring (bicyclic) bond motifs is 1. The highest BCUT2D eigenvalue weighted by Crippen LogP contribution is 2.32. The SMILES string of the molecule is CC.COc1nc(CN(C)C2CCCc3cccnc32)cc(N2CCN(C)CC2)n1. The summed E-state index contributed by atoms with van der Waals surface area (Å²) in [6, 6.07) is 7.15. The Bertz CT molecular complexity index is 806. The first kappa shape index (κ1) is 22.4. The van der Waals surface area contributed by atoms with Gasteiger partial charge in [0.15, 0.2) is 0 Å². The molecule has 1 fully saturated rings. The van der Waals surface area contributed by atoms with E-state index in [0.717, 1.165) is 57.1 Å². The number of piperazine rings is 1. The van der Waals surface area contributed by atoms with Crippen LogP contribution in [0.15, 0.2) is 24.4 Å². The van der Waals surface area contributed by atoms with E-state index in [9.17, 15) is 0 Å². The van der Waals surface area contributed by atoms with Crippen LogP contribution in [0.2, 0.25) is 0 Å². The molecular formula is C23H36N6O. The number of nitrogens with zero attached hydrogens (tertiary/aromatic N) is 6. The number of anilines is 1. The number of methoxy groups -OCH3 is 1. The minimum atomic E-state index is 0.331. The number of ether oxygens (including phenoxy) is 1. The average Bonchev–Trinajstić information content (AvgIpc) is 2.80. The summed E-state index contributed by atoms with van der Waals surface area (Å²) in [5.74, 6) is 0.963. The summed E-state index contributed by atoms with van der Waals surface area (Å²) in [6.07, 6.45) is 5.37. The first-order chi connectivity index (χ1) is 14.6. The van der Waals surface area contributed by atoms with Crippen LogP contribution in [0.3, 0.4) is 0 Å². The third kappa shape index (κ3) is 5.26. The van der Waals surface area contributed by atoms with E-state index in [2.05, 4.69) is 55.9 Å². The molecule has 1 aliphatic heterocycles. The maximum atomic E-state index is 5.40. The third-order valence-electron chi connectivity index (χ3n) is 5.86. The number of aromatic nitrogens is 3. The van der Waals surface area contributed by atoms with Gasteiger partial charge in [-0.25, -0.2) is 0 Å². The highest BCUT2D eigenvalue weighted by molar-refractivity contribution is 5.41. The van der Waals surface area contributed by atoms with Gasteiger partial charge in [-0.3, -0.25) is 9.88 Å². The van der Waals surface area contributed by atoms with E-state index < -0.39 is 0 Å². The van der Waals surface area contributed by atoms with E-state index in [4.69, 9.17) is 4.74 Å². The zero-order valence-corrected chi connectivity index (χ0v) is 19.1. The van der Waals surface area contributed by atoms with Gasteiger partial charge in [-0.1, -0.05) is 19.9 Å². The Morgan fingerprint density at radius 1 is 1.17 bits per heavy atom. The number of hydrogen-bond donors (Lipinski definition) is 0. The molecule has 7 nitrogen and oxygen atoms in total. The molecule has 0 radical (unpaired) electrons. The van der Waals surface area contributed by atoms with Crippen molar-refractivity contribution in [2.75, 3.05) is 52.3 Å². The highest BCUT2D eigenvalue weighted by atomic mass is 16.5. The lowest BCUT2D eigenvalue weighted by Gasteiger charge is -2.34. The molecule has 1 unspecified atom stereocenters. The number of pyridine rings is 1. The number of likely N-dealkylation sites (N-methyl/N-ethyl adjacent to an activating group) is 1.